The zero-order chi connectivity index (χ0) is 17.8. The lowest BCUT2D eigenvalue weighted by Crippen LogP contribution is -2.21. The van der Waals surface area contributed by atoms with Crippen LogP contribution in [-0.4, -0.2) is 18.9 Å². The molecule has 0 fully saturated rings. The molecule has 0 spiro atoms. The van der Waals surface area contributed by atoms with Crippen LogP contribution in [0.2, 0.25) is 0 Å². The van der Waals surface area contributed by atoms with Crippen LogP contribution in [0.25, 0.3) is 0 Å². The highest BCUT2D eigenvalue weighted by Crippen LogP contribution is 2.29. The molecule has 0 unspecified atom stereocenters. The van der Waals surface area contributed by atoms with Crippen molar-refractivity contribution >= 4 is 11.5 Å². The van der Waals surface area contributed by atoms with Crippen molar-refractivity contribution in [3.8, 4) is 0 Å². The zero-order valence-corrected chi connectivity index (χ0v) is 15.5. The number of anilines is 1. The third-order valence-corrected chi connectivity index (χ3v) is 4.95. The second-order valence-electron chi connectivity index (χ2n) is 7.36. The van der Waals surface area contributed by atoms with E-state index in [-0.39, 0.29) is 5.92 Å². The van der Waals surface area contributed by atoms with Gasteiger partial charge in [-0.1, -0.05) is 61.9 Å². The van der Waals surface area contributed by atoms with Crippen LogP contribution in [0.5, 0.6) is 0 Å². The van der Waals surface area contributed by atoms with Crippen molar-refractivity contribution in [1.29, 1.82) is 0 Å². The number of carbonyl (C=O) groups is 1. The van der Waals surface area contributed by atoms with Crippen molar-refractivity contribution in [2.75, 3.05) is 18.0 Å². The second-order valence-corrected chi connectivity index (χ2v) is 7.36. The fourth-order valence-electron chi connectivity index (χ4n) is 3.30. The molecule has 0 N–H and O–H groups in total. The number of nitrogens with zero attached hydrogens (tertiary/aromatic N) is 1. The van der Waals surface area contributed by atoms with Crippen molar-refractivity contribution in [3.05, 3.63) is 76.9 Å². The average Bonchev–Trinajstić information content (AvgIpc) is 2.99. The summed E-state index contributed by atoms with van der Waals surface area (Å²) >= 11 is 0. The van der Waals surface area contributed by atoms with E-state index in [0.29, 0.717) is 12.2 Å². The molecule has 1 aliphatic rings. The highest BCUT2D eigenvalue weighted by molar-refractivity contribution is 5.83. The highest BCUT2D eigenvalue weighted by Gasteiger charge is 2.24. The minimum Gasteiger partial charge on any atom is -0.363 e. The molecule has 3 rings (SSSR count). The van der Waals surface area contributed by atoms with Gasteiger partial charge in [-0.3, -0.25) is 4.79 Å². The van der Waals surface area contributed by atoms with Gasteiger partial charge in [-0.15, -0.1) is 0 Å². The molecule has 0 saturated heterocycles. The Hall–Kier alpha value is -2.35. The summed E-state index contributed by atoms with van der Waals surface area (Å²) in [7, 11) is 0. The number of carbonyl (C=O) groups excluding carboxylic acids is 1. The lowest BCUT2D eigenvalue weighted by atomic mass is 9.96. The molecule has 0 aromatic heterocycles. The Morgan fingerprint density at radius 3 is 2.24 bits per heavy atom. The van der Waals surface area contributed by atoms with E-state index in [4.69, 9.17) is 0 Å². The van der Waals surface area contributed by atoms with Crippen LogP contribution in [0.15, 0.2) is 65.7 Å². The van der Waals surface area contributed by atoms with E-state index in [9.17, 15) is 4.79 Å². The summed E-state index contributed by atoms with van der Waals surface area (Å²) in [5.41, 5.74) is 6.54. The molecule has 2 heteroatoms. The molecule has 0 aliphatic carbocycles. The average molecular weight is 333 g/mol. The molecule has 2 aromatic rings. The number of benzene rings is 2. The van der Waals surface area contributed by atoms with Crippen molar-refractivity contribution in [1.82, 2.24) is 0 Å². The summed E-state index contributed by atoms with van der Waals surface area (Å²) in [5, 5.41) is 0. The summed E-state index contributed by atoms with van der Waals surface area (Å²) in [6.07, 6.45) is 1.52. The van der Waals surface area contributed by atoms with Gasteiger partial charge in [0.1, 0.15) is 5.78 Å². The van der Waals surface area contributed by atoms with Crippen LogP contribution < -0.4 is 4.90 Å². The quantitative estimate of drug-likeness (QED) is 0.696. The summed E-state index contributed by atoms with van der Waals surface area (Å²) in [5.74, 6) is 0.435. The Bertz CT molecular complexity index is 756. The van der Waals surface area contributed by atoms with E-state index < -0.39 is 0 Å². The molecule has 25 heavy (non-hydrogen) atoms. The first-order chi connectivity index (χ1) is 12.0. The third kappa shape index (κ3) is 4.39. The first-order valence-electron chi connectivity index (χ1n) is 9.11. The van der Waals surface area contributed by atoms with Crippen LogP contribution in [0.1, 0.15) is 31.4 Å². The molecule has 1 heterocycles. The van der Waals surface area contributed by atoms with Crippen molar-refractivity contribution in [2.45, 2.75) is 33.6 Å². The molecule has 0 amide bonds. The summed E-state index contributed by atoms with van der Waals surface area (Å²) in [6.45, 7) is 7.88. The van der Waals surface area contributed by atoms with E-state index in [1.807, 2.05) is 19.9 Å². The number of aryl methyl sites for hydroxylation is 1. The van der Waals surface area contributed by atoms with E-state index >= 15 is 0 Å². The Labute approximate surface area is 151 Å². The van der Waals surface area contributed by atoms with Gasteiger partial charge in [0.15, 0.2) is 0 Å². The van der Waals surface area contributed by atoms with Gasteiger partial charge >= 0.3 is 0 Å². The maximum absolute atomic E-state index is 12.3. The molecule has 0 atom stereocenters. The Kier molecular flexibility index (Phi) is 5.37. The maximum Gasteiger partial charge on any atom is 0.139 e. The van der Waals surface area contributed by atoms with Gasteiger partial charge in [-0.05, 0) is 42.2 Å². The van der Waals surface area contributed by atoms with Gasteiger partial charge in [0.25, 0.3) is 0 Å². The third-order valence-electron chi connectivity index (χ3n) is 4.95. The predicted molar refractivity (Wildman–Crippen MR) is 105 cm³/mol. The van der Waals surface area contributed by atoms with Crippen LogP contribution >= 0.6 is 0 Å². The largest absolute Gasteiger partial charge is 0.363 e. The highest BCUT2D eigenvalue weighted by atomic mass is 16.1. The van der Waals surface area contributed by atoms with E-state index in [2.05, 4.69) is 60.4 Å². The molecule has 0 radical (unpaired) electrons. The second kappa shape index (κ2) is 7.69. The first kappa shape index (κ1) is 17.5. The number of hydrogen-bond acceptors (Lipinski definition) is 2. The van der Waals surface area contributed by atoms with Crippen molar-refractivity contribution in [2.24, 2.45) is 5.92 Å². The number of Topliss-reactive ketones (excluding diaryl/α,β-unsaturated/α-hetero) is 1. The standard InChI is InChI=1S/C23H27NO/c1-17(2)23(25)14-21-16-24(22-11-9-18(3)10-12-22)15-20(21)13-19-7-5-4-6-8-19/h4-12,17H,13-16H2,1-3H3. The van der Waals surface area contributed by atoms with Gasteiger partial charge in [-0.2, -0.15) is 0 Å². The van der Waals surface area contributed by atoms with Gasteiger partial charge in [0.05, 0.1) is 0 Å². The Morgan fingerprint density at radius 1 is 0.960 bits per heavy atom. The lowest BCUT2D eigenvalue weighted by molar-refractivity contribution is -0.121. The molecule has 0 bridgehead atoms. The van der Waals surface area contributed by atoms with Crippen molar-refractivity contribution < 1.29 is 4.79 Å². The van der Waals surface area contributed by atoms with Gasteiger partial charge in [0.2, 0.25) is 0 Å². The minimum absolute atomic E-state index is 0.0962. The molecule has 2 aromatic carbocycles. The molecule has 1 aliphatic heterocycles. The van der Waals surface area contributed by atoms with Crippen LogP contribution in [-0.2, 0) is 11.2 Å². The molecular weight excluding hydrogens is 306 g/mol. The summed E-state index contributed by atoms with van der Waals surface area (Å²) in [6, 6.07) is 19.2. The van der Waals surface area contributed by atoms with E-state index in [1.54, 1.807) is 0 Å². The minimum atomic E-state index is 0.0962. The van der Waals surface area contributed by atoms with Crippen molar-refractivity contribution in [3.63, 3.8) is 0 Å². The predicted octanol–water partition coefficient (Wildman–Crippen LogP) is 4.97. The number of hydrogen-bond donors (Lipinski definition) is 0. The van der Waals surface area contributed by atoms with Gasteiger partial charge < -0.3 is 4.90 Å². The first-order valence-corrected chi connectivity index (χ1v) is 9.11. The SMILES string of the molecule is Cc1ccc(N2CC(CC(=O)C(C)C)=C(Cc3ccccc3)C2)cc1. The fraction of sp³-hybridized carbons (Fsp3) is 0.348. The summed E-state index contributed by atoms with van der Waals surface area (Å²) in [4.78, 5) is 14.7. The number of rotatable bonds is 6. The van der Waals surface area contributed by atoms with E-state index in [0.717, 1.165) is 19.5 Å². The summed E-state index contributed by atoms with van der Waals surface area (Å²) < 4.78 is 0. The topological polar surface area (TPSA) is 20.3 Å². The normalized spacial score (nSPS) is 14.5. The fourth-order valence-corrected chi connectivity index (χ4v) is 3.30. The lowest BCUT2D eigenvalue weighted by Gasteiger charge is -2.19. The Balaban J connectivity index is 1.82. The number of ketones is 1. The molecule has 130 valence electrons. The van der Waals surface area contributed by atoms with Crippen LogP contribution in [0.3, 0.4) is 0 Å². The van der Waals surface area contributed by atoms with Gasteiger partial charge in [0, 0.05) is 31.1 Å². The molecule has 2 nitrogen and oxygen atoms in total. The van der Waals surface area contributed by atoms with Crippen LogP contribution in [0, 0.1) is 12.8 Å². The maximum atomic E-state index is 12.3. The molecular formula is C23H27NO. The van der Waals surface area contributed by atoms with E-state index in [1.165, 1.54) is 28.0 Å². The zero-order valence-electron chi connectivity index (χ0n) is 15.5. The van der Waals surface area contributed by atoms with Gasteiger partial charge in [-0.25, -0.2) is 0 Å². The van der Waals surface area contributed by atoms with Crippen LogP contribution in [0.4, 0.5) is 5.69 Å². The molecule has 0 saturated carbocycles. The Morgan fingerprint density at radius 2 is 1.60 bits per heavy atom. The monoisotopic (exact) mass is 333 g/mol. The smallest absolute Gasteiger partial charge is 0.139 e.